The fourth-order valence-corrected chi connectivity index (χ4v) is 3.57. The summed E-state index contributed by atoms with van der Waals surface area (Å²) in [6, 6.07) is 3.55. The van der Waals surface area contributed by atoms with E-state index < -0.39 is 14.9 Å². The molecule has 0 saturated carbocycles. The second-order valence-corrected chi connectivity index (χ2v) is 6.13. The highest BCUT2D eigenvalue weighted by Gasteiger charge is 2.28. The summed E-state index contributed by atoms with van der Waals surface area (Å²) >= 11 is 0. The Bertz CT molecular complexity index is 596. The summed E-state index contributed by atoms with van der Waals surface area (Å²) in [7, 11) is -3.60. The van der Waals surface area contributed by atoms with E-state index >= 15 is 0 Å². The number of rotatable bonds is 4. The minimum atomic E-state index is -3.60. The molecular weight excluding hydrogens is 272 g/mol. The standard InChI is InChI=1S/C10H14N4O4S/c11-12-9-7-8(3-4-10(9)14(15)16)19(17,18)13-5-1-2-6-13/h3-4,7,12H,1-2,5-6,11H2. The predicted octanol–water partition coefficient (Wildman–Crippen LogP) is 0.665. The predicted molar refractivity (Wildman–Crippen MR) is 68.9 cm³/mol. The highest BCUT2D eigenvalue weighted by molar-refractivity contribution is 7.89. The zero-order chi connectivity index (χ0) is 14.0. The molecule has 2 rings (SSSR count). The number of nitrogen functional groups attached to an aromatic ring is 1. The first-order chi connectivity index (χ1) is 8.96. The SMILES string of the molecule is NNc1cc(S(=O)(=O)N2CCCC2)ccc1[N+](=O)[O-]. The third-order valence-corrected chi connectivity index (χ3v) is 4.92. The Labute approximate surface area is 110 Å². The van der Waals surface area contributed by atoms with Crippen molar-refractivity contribution in [1.82, 2.24) is 4.31 Å². The van der Waals surface area contributed by atoms with Crippen molar-refractivity contribution < 1.29 is 13.3 Å². The van der Waals surface area contributed by atoms with E-state index in [0.29, 0.717) is 13.1 Å². The van der Waals surface area contributed by atoms with Crippen LogP contribution < -0.4 is 11.3 Å². The molecule has 1 aromatic rings. The number of nitrogens with one attached hydrogen (secondary N) is 1. The monoisotopic (exact) mass is 286 g/mol. The Balaban J connectivity index is 2.43. The fourth-order valence-electron chi connectivity index (χ4n) is 2.03. The first kappa shape index (κ1) is 13.7. The van der Waals surface area contributed by atoms with Crippen LogP contribution in [-0.2, 0) is 10.0 Å². The molecule has 1 heterocycles. The number of anilines is 1. The lowest BCUT2D eigenvalue weighted by Crippen LogP contribution is -2.28. The Morgan fingerprint density at radius 1 is 1.32 bits per heavy atom. The molecule has 104 valence electrons. The summed E-state index contributed by atoms with van der Waals surface area (Å²) in [6.07, 6.45) is 1.66. The van der Waals surface area contributed by atoms with Crippen LogP contribution >= 0.6 is 0 Å². The van der Waals surface area contributed by atoms with E-state index in [4.69, 9.17) is 5.84 Å². The van der Waals surface area contributed by atoms with Crippen molar-refractivity contribution in [3.63, 3.8) is 0 Å². The molecule has 0 aliphatic carbocycles. The van der Waals surface area contributed by atoms with Crippen LogP contribution in [0.4, 0.5) is 11.4 Å². The van der Waals surface area contributed by atoms with Gasteiger partial charge in [0.15, 0.2) is 0 Å². The van der Waals surface area contributed by atoms with Crippen molar-refractivity contribution in [3.05, 3.63) is 28.3 Å². The van der Waals surface area contributed by atoms with Crippen LogP contribution in [-0.4, -0.2) is 30.7 Å². The second-order valence-electron chi connectivity index (χ2n) is 4.19. The molecule has 1 saturated heterocycles. The average molecular weight is 286 g/mol. The lowest BCUT2D eigenvalue weighted by atomic mass is 10.3. The summed E-state index contributed by atoms with van der Waals surface area (Å²) in [5.74, 6) is 5.19. The smallest absolute Gasteiger partial charge is 0.293 e. The van der Waals surface area contributed by atoms with Gasteiger partial charge in [-0.1, -0.05) is 0 Å². The summed E-state index contributed by atoms with van der Waals surface area (Å²) in [5, 5.41) is 10.7. The number of nitrogens with zero attached hydrogens (tertiary/aromatic N) is 2. The van der Waals surface area contributed by atoms with Gasteiger partial charge in [-0.3, -0.25) is 16.0 Å². The molecule has 0 unspecified atom stereocenters. The number of hydrazine groups is 1. The first-order valence-corrected chi connectivity index (χ1v) is 7.16. The van der Waals surface area contributed by atoms with Crippen LogP contribution in [0, 0.1) is 10.1 Å². The molecule has 0 radical (unpaired) electrons. The number of benzene rings is 1. The molecule has 1 aliphatic heterocycles. The molecule has 0 atom stereocenters. The molecule has 1 aromatic carbocycles. The van der Waals surface area contributed by atoms with Gasteiger partial charge >= 0.3 is 0 Å². The van der Waals surface area contributed by atoms with E-state index in [-0.39, 0.29) is 16.3 Å². The van der Waals surface area contributed by atoms with Crippen LogP contribution in [0.5, 0.6) is 0 Å². The summed E-state index contributed by atoms with van der Waals surface area (Å²) in [5.41, 5.74) is 1.87. The van der Waals surface area contributed by atoms with Gasteiger partial charge in [0, 0.05) is 19.2 Å². The zero-order valence-corrected chi connectivity index (χ0v) is 10.9. The molecule has 8 nitrogen and oxygen atoms in total. The molecular formula is C10H14N4O4S. The average Bonchev–Trinajstić information content (AvgIpc) is 2.92. The molecule has 0 aromatic heterocycles. The van der Waals surface area contributed by atoms with Crippen molar-refractivity contribution in [2.75, 3.05) is 18.5 Å². The van der Waals surface area contributed by atoms with Gasteiger partial charge in [-0.05, 0) is 25.0 Å². The maximum absolute atomic E-state index is 12.3. The molecule has 19 heavy (non-hydrogen) atoms. The van der Waals surface area contributed by atoms with Gasteiger partial charge in [0.05, 0.1) is 9.82 Å². The lowest BCUT2D eigenvalue weighted by Gasteiger charge is -2.15. The van der Waals surface area contributed by atoms with Gasteiger partial charge in [0.25, 0.3) is 5.69 Å². The van der Waals surface area contributed by atoms with Crippen LogP contribution in [0.3, 0.4) is 0 Å². The van der Waals surface area contributed by atoms with Gasteiger partial charge in [-0.2, -0.15) is 4.31 Å². The van der Waals surface area contributed by atoms with E-state index in [1.165, 1.54) is 16.4 Å². The van der Waals surface area contributed by atoms with Crippen molar-refractivity contribution in [1.29, 1.82) is 0 Å². The number of sulfonamides is 1. The van der Waals surface area contributed by atoms with Crippen molar-refractivity contribution >= 4 is 21.4 Å². The molecule has 9 heteroatoms. The van der Waals surface area contributed by atoms with Gasteiger partial charge in [-0.25, -0.2) is 8.42 Å². The highest BCUT2D eigenvalue weighted by Crippen LogP contribution is 2.29. The maximum Gasteiger partial charge on any atom is 0.293 e. The van der Waals surface area contributed by atoms with Gasteiger partial charge in [0.2, 0.25) is 10.0 Å². The zero-order valence-electron chi connectivity index (χ0n) is 10.1. The Morgan fingerprint density at radius 3 is 2.47 bits per heavy atom. The van der Waals surface area contributed by atoms with E-state index in [1.54, 1.807) is 0 Å². The molecule has 0 bridgehead atoms. The quantitative estimate of drug-likeness (QED) is 0.477. The normalized spacial score (nSPS) is 16.5. The van der Waals surface area contributed by atoms with E-state index in [9.17, 15) is 18.5 Å². The van der Waals surface area contributed by atoms with Crippen molar-refractivity contribution in [2.45, 2.75) is 17.7 Å². The van der Waals surface area contributed by atoms with Crippen LogP contribution in [0.2, 0.25) is 0 Å². The molecule has 1 fully saturated rings. The lowest BCUT2D eigenvalue weighted by molar-refractivity contribution is -0.384. The summed E-state index contributed by atoms with van der Waals surface area (Å²) in [4.78, 5) is 10.1. The van der Waals surface area contributed by atoms with Crippen LogP contribution in [0.1, 0.15) is 12.8 Å². The largest absolute Gasteiger partial charge is 0.318 e. The highest BCUT2D eigenvalue weighted by atomic mass is 32.2. The Hall–Kier alpha value is -1.71. The van der Waals surface area contributed by atoms with Crippen molar-refractivity contribution in [3.8, 4) is 0 Å². The van der Waals surface area contributed by atoms with E-state index in [1.807, 2.05) is 0 Å². The molecule has 0 amide bonds. The summed E-state index contributed by atoms with van der Waals surface area (Å²) in [6.45, 7) is 0.954. The number of hydrogen-bond acceptors (Lipinski definition) is 6. The number of nitrogens with two attached hydrogens (primary N) is 1. The number of hydrogen-bond donors (Lipinski definition) is 2. The molecule has 1 aliphatic rings. The van der Waals surface area contributed by atoms with Crippen LogP contribution in [0.25, 0.3) is 0 Å². The molecule has 3 N–H and O–H groups in total. The third-order valence-electron chi connectivity index (χ3n) is 3.02. The van der Waals surface area contributed by atoms with E-state index in [0.717, 1.165) is 18.9 Å². The van der Waals surface area contributed by atoms with Gasteiger partial charge < -0.3 is 5.43 Å². The molecule has 0 spiro atoms. The maximum atomic E-state index is 12.3. The Kier molecular flexibility index (Phi) is 3.69. The minimum absolute atomic E-state index is 0.00736. The van der Waals surface area contributed by atoms with Gasteiger partial charge in [0.1, 0.15) is 5.69 Å². The number of nitro groups is 1. The fraction of sp³-hybridized carbons (Fsp3) is 0.400. The van der Waals surface area contributed by atoms with Crippen molar-refractivity contribution in [2.24, 2.45) is 5.84 Å². The topological polar surface area (TPSA) is 119 Å². The Morgan fingerprint density at radius 2 is 1.95 bits per heavy atom. The van der Waals surface area contributed by atoms with Gasteiger partial charge in [-0.15, -0.1) is 0 Å². The summed E-state index contributed by atoms with van der Waals surface area (Å²) < 4.78 is 25.9. The minimum Gasteiger partial charge on any atom is -0.318 e. The van der Waals surface area contributed by atoms with E-state index in [2.05, 4.69) is 5.43 Å². The first-order valence-electron chi connectivity index (χ1n) is 5.72. The second kappa shape index (κ2) is 5.11. The van der Waals surface area contributed by atoms with Crippen LogP contribution in [0.15, 0.2) is 23.1 Å². The number of nitro benzene ring substituents is 1. The third kappa shape index (κ3) is 2.53.